The summed E-state index contributed by atoms with van der Waals surface area (Å²) in [6.45, 7) is 13.3. The highest BCUT2D eigenvalue weighted by Gasteiger charge is 2.23. The van der Waals surface area contributed by atoms with Crippen LogP contribution in [0, 0.1) is 0 Å². The zero-order valence-corrected chi connectivity index (χ0v) is 25.0. The van der Waals surface area contributed by atoms with Crippen LogP contribution >= 0.6 is 11.3 Å². The van der Waals surface area contributed by atoms with Gasteiger partial charge in [0.25, 0.3) is 0 Å². The van der Waals surface area contributed by atoms with Crippen molar-refractivity contribution in [3.05, 3.63) is 96.2 Å². The molecule has 5 heteroatoms. The smallest absolute Gasteiger partial charge is 0.229 e. The van der Waals surface area contributed by atoms with Gasteiger partial charge in [-0.05, 0) is 71.0 Å². The van der Waals surface area contributed by atoms with Gasteiger partial charge in [0.05, 0.1) is 16.8 Å². The van der Waals surface area contributed by atoms with Crippen molar-refractivity contribution < 1.29 is 9.15 Å². The highest BCUT2D eigenvalue weighted by atomic mass is 32.1. The average Bonchev–Trinajstić information content (AvgIpc) is 3.51. The zero-order chi connectivity index (χ0) is 28.5. The van der Waals surface area contributed by atoms with Gasteiger partial charge in [-0.2, -0.15) is 0 Å². The van der Waals surface area contributed by atoms with Gasteiger partial charge in [0.15, 0.2) is 0 Å². The van der Waals surface area contributed by atoms with E-state index in [2.05, 4.69) is 95.1 Å². The number of aromatic nitrogens is 2. The van der Waals surface area contributed by atoms with Crippen molar-refractivity contribution in [2.75, 3.05) is 0 Å². The van der Waals surface area contributed by atoms with Gasteiger partial charge in [0.2, 0.25) is 5.71 Å². The summed E-state index contributed by atoms with van der Waals surface area (Å²) in [7, 11) is 0. The van der Waals surface area contributed by atoms with E-state index in [1.807, 2.05) is 36.5 Å². The predicted molar refractivity (Wildman–Crippen MR) is 171 cm³/mol. The van der Waals surface area contributed by atoms with Gasteiger partial charge in [-0.15, -0.1) is 11.3 Å². The topological polar surface area (TPSA) is 48.2 Å². The normalized spacial score (nSPS) is 12.6. The van der Waals surface area contributed by atoms with Gasteiger partial charge in [-0.25, -0.2) is 4.98 Å². The average molecular weight is 557 g/mol. The first-order valence-electron chi connectivity index (χ1n) is 14.0. The van der Waals surface area contributed by atoms with Crippen LogP contribution in [0.15, 0.2) is 89.5 Å². The van der Waals surface area contributed by atoms with Crippen LogP contribution < -0.4 is 4.74 Å². The van der Waals surface area contributed by atoms with Gasteiger partial charge in [0, 0.05) is 37.7 Å². The maximum absolute atomic E-state index is 6.80. The minimum atomic E-state index is -0.101. The largest absolute Gasteiger partial charge is 0.457 e. The van der Waals surface area contributed by atoms with Crippen molar-refractivity contribution >= 4 is 42.8 Å². The van der Waals surface area contributed by atoms with Crippen molar-refractivity contribution in [3.63, 3.8) is 0 Å². The molecule has 4 aromatic heterocycles. The van der Waals surface area contributed by atoms with Crippen molar-refractivity contribution in [3.8, 4) is 34.0 Å². The molecule has 0 aliphatic carbocycles. The number of rotatable bonds is 4. The molecular formula is C36H32N2O2S. The summed E-state index contributed by atoms with van der Waals surface area (Å²) < 4.78 is 15.4. The summed E-state index contributed by atoms with van der Waals surface area (Å²) in [6, 6.07) is 27.3. The lowest BCUT2D eigenvalue weighted by Crippen LogP contribution is -2.13. The highest BCUT2D eigenvalue weighted by molar-refractivity contribution is 7.26. The second-order valence-corrected chi connectivity index (χ2v) is 13.9. The molecule has 4 heterocycles. The second kappa shape index (κ2) is 9.15. The number of pyridine rings is 2. The van der Waals surface area contributed by atoms with Crippen LogP contribution in [0.1, 0.15) is 52.7 Å². The van der Waals surface area contributed by atoms with Crippen molar-refractivity contribution in [1.82, 2.24) is 9.97 Å². The zero-order valence-electron chi connectivity index (χ0n) is 24.2. The summed E-state index contributed by atoms with van der Waals surface area (Å²) >= 11 is 1.79. The van der Waals surface area contributed by atoms with E-state index in [1.54, 1.807) is 11.3 Å². The lowest BCUT2D eigenvalue weighted by Gasteiger charge is -2.25. The molecule has 3 aromatic carbocycles. The van der Waals surface area contributed by atoms with E-state index in [1.165, 1.54) is 20.3 Å². The van der Waals surface area contributed by atoms with Crippen molar-refractivity contribution in [2.24, 2.45) is 0 Å². The maximum Gasteiger partial charge on any atom is 0.229 e. The molecule has 0 unspecified atom stereocenters. The Hall–Kier alpha value is -4.22. The van der Waals surface area contributed by atoms with E-state index in [9.17, 15) is 0 Å². The number of nitrogens with zero attached hydrogens (tertiary/aromatic N) is 2. The molecular weight excluding hydrogens is 524 g/mol. The molecule has 4 nitrogen and oxygen atoms in total. The summed E-state index contributed by atoms with van der Waals surface area (Å²) in [5.41, 5.74) is 7.55. The number of furan rings is 1. The molecule has 0 radical (unpaired) electrons. The van der Waals surface area contributed by atoms with Crippen LogP contribution in [0.2, 0.25) is 0 Å². The minimum Gasteiger partial charge on any atom is -0.457 e. The summed E-state index contributed by atoms with van der Waals surface area (Å²) in [4.78, 5) is 9.58. The Morgan fingerprint density at radius 1 is 0.707 bits per heavy atom. The molecule has 7 rings (SSSR count). The van der Waals surface area contributed by atoms with Crippen LogP contribution in [0.3, 0.4) is 0 Å². The lowest BCUT2D eigenvalue weighted by molar-refractivity contribution is 0.453. The predicted octanol–water partition coefficient (Wildman–Crippen LogP) is 10.7. The molecule has 0 atom stereocenters. The number of thiophene rings is 1. The molecule has 0 saturated heterocycles. The lowest BCUT2D eigenvalue weighted by atomic mass is 9.85. The molecule has 0 aliphatic rings. The summed E-state index contributed by atoms with van der Waals surface area (Å²) in [6.07, 6.45) is 1.82. The number of hydrogen-bond acceptors (Lipinski definition) is 5. The van der Waals surface area contributed by atoms with Crippen LogP contribution in [0.5, 0.6) is 11.5 Å². The standard InChI is InChI=1S/C36H32N2O2S/c1-35(2,3)23-16-22(27-20-31-33-32-28(40-34(33)38-27)11-9-12-30(32)41-31)17-24(19-23)39-29-18-21(26-10-7-8-15-37-26)13-14-25(29)36(4,5)6/h7-20H,1-6H3. The van der Waals surface area contributed by atoms with E-state index in [-0.39, 0.29) is 10.8 Å². The first-order chi connectivity index (χ1) is 19.5. The molecule has 204 valence electrons. The minimum absolute atomic E-state index is 0.0843. The molecule has 0 amide bonds. The van der Waals surface area contributed by atoms with Crippen molar-refractivity contribution in [1.29, 1.82) is 0 Å². The molecule has 41 heavy (non-hydrogen) atoms. The highest BCUT2D eigenvalue weighted by Crippen LogP contribution is 2.44. The third-order valence-corrected chi connectivity index (χ3v) is 8.76. The molecule has 7 aromatic rings. The Labute approximate surface area is 244 Å². The number of benzene rings is 3. The Morgan fingerprint density at radius 2 is 1.56 bits per heavy atom. The Kier molecular flexibility index (Phi) is 5.74. The SMILES string of the molecule is CC(C)(C)c1cc(Oc2cc(-c3ccccn3)ccc2C(C)(C)C)cc(-c2cc3sc4cccc5oc(n2)c3c54)c1. The third-order valence-electron chi connectivity index (χ3n) is 7.66. The number of ether oxygens (including phenoxy) is 1. The van der Waals surface area contributed by atoms with E-state index >= 15 is 0 Å². The van der Waals surface area contributed by atoms with Gasteiger partial charge in [-0.1, -0.05) is 65.8 Å². The maximum atomic E-state index is 6.80. The second-order valence-electron chi connectivity index (χ2n) is 12.8. The molecule has 0 aliphatic heterocycles. The summed E-state index contributed by atoms with van der Waals surface area (Å²) in [5.74, 6) is 1.62. The monoisotopic (exact) mass is 556 g/mol. The fourth-order valence-corrected chi connectivity index (χ4v) is 6.62. The fourth-order valence-electron chi connectivity index (χ4n) is 5.47. The van der Waals surface area contributed by atoms with Gasteiger partial charge in [0.1, 0.15) is 17.1 Å². The molecule has 0 N–H and O–H groups in total. The fraction of sp³-hybridized carbons (Fsp3) is 0.222. The first kappa shape index (κ1) is 25.7. The van der Waals surface area contributed by atoms with Crippen LogP contribution in [0.25, 0.3) is 54.0 Å². The first-order valence-corrected chi connectivity index (χ1v) is 14.8. The van der Waals surface area contributed by atoms with E-state index in [0.717, 1.165) is 50.5 Å². The molecule has 0 spiro atoms. The molecule has 0 saturated carbocycles. The third kappa shape index (κ3) is 4.54. The Balaban J connectivity index is 1.38. The van der Waals surface area contributed by atoms with Crippen molar-refractivity contribution in [2.45, 2.75) is 52.4 Å². The molecule has 0 bridgehead atoms. The quantitative estimate of drug-likeness (QED) is 0.216. The van der Waals surface area contributed by atoms with E-state index in [4.69, 9.17) is 14.1 Å². The molecule has 0 fully saturated rings. The Morgan fingerprint density at radius 3 is 2.32 bits per heavy atom. The number of hydrogen-bond donors (Lipinski definition) is 0. The van der Waals surface area contributed by atoms with E-state index < -0.39 is 0 Å². The van der Waals surface area contributed by atoms with E-state index in [0.29, 0.717) is 5.71 Å². The van der Waals surface area contributed by atoms with Crippen LogP contribution in [0.4, 0.5) is 0 Å². The summed E-state index contributed by atoms with van der Waals surface area (Å²) in [5, 5.41) is 2.30. The Bertz CT molecular complexity index is 1980. The van der Waals surface area contributed by atoms with Gasteiger partial charge in [-0.3, -0.25) is 4.98 Å². The van der Waals surface area contributed by atoms with Crippen LogP contribution in [-0.2, 0) is 10.8 Å². The van der Waals surface area contributed by atoms with Gasteiger partial charge < -0.3 is 9.15 Å². The van der Waals surface area contributed by atoms with Gasteiger partial charge >= 0.3 is 0 Å². The van der Waals surface area contributed by atoms with Crippen LogP contribution in [-0.4, -0.2) is 9.97 Å².